The topological polar surface area (TPSA) is 49.7 Å². The fourth-order valence-corrected chi connectivity index (χ4v) is 3.79. The molecule has 0 heterocycles. The van der Waals surface area contributed by atoms with Crippen molar-refractivity contribution in [3.8, 4) is 0 Å². The Hall–Kier alpha value is -0.120. The Morgan fingerprint density at radius 1 is 0.818 bits per heavy atom. The molecule has 2 fully saturated rings. The summed E-state index contributed by atoms with van der Waals surface area (Å²) in [6.45, 7) is 10.7. The first-order valence-electron chi connectivity index (χ1n) is 9.22. The van der Waals surface area contributed by atoms with Crippen LogP contribution in [-0.2, 0) is 4.74 Å². The number of aliphatic hydroxyl groups is 2. The van der Waals surface area contributed by atoms with E-state index in [0.29, 0.717) is 0 Å². The molecule has 3 heteroatoms. The highest BCUT2D eigenvalue weighted by Gasteiger charge is 2.48. The SMILES string of the molecule is CC(C)CC1(OC2(CC(C)C)CCC2)CCC1.CC(O)CO. The monoisotopic (exact) mass is 314 g/mol. The molecule has 2 N–H and O–H groups in total. The van der Waals surface area contributed by atoms with Gasteiger partial charge >= 0.3 is 0 Å². The molecule has 0 aromatic carbocycles. The van der Waals surface area contributed by atoms with Crippen molar-refractivity contribution in [2.24, 2.45) is 11.8 Å². The second kappa shape index (κ2) is 8.65. The molecule has 22 heavy (non-hydrogen) atoms. The van der Waals surface area contributed by atoms with Gasteiger partial charge in [0.1, 0.15) is 0 Å². The summed E-state index contributed by atoms with van der Waals surface area (Å²) in [5, 5.41) is 16.0. The van der Waals surface area contributed by atoms with Gasteiger partial charge in [-0.3, -0.25) is 0 Å². The van der Waals surface area contributed by atoms with Gasteiger partial charge in [-0.2, -0.15) is 0 Å². The zero-order valence-corrected chi connectivity index (χ0v) is 15.4. The first-order valence-corrected chi connectivity index (χ1v) is 9.22. The number of hydrogen-bond acceptors (Lipinski definition) is 3. The molecular weight excluding hydrogens is 276 g/mol. The van der Waals surface area contributed by atoms with E-state index in [-0.39, 0.29) is 17.8 Å². The number of aliphatic hydroxyl groups excluding tert-OH is 2. The molecule has 2 aliphatic carbocycles. The summed E-state index contributed by atoms with van der Waals surface area (Å²) in [7, 11) is 0. The van der Waals surface area contributed by atoms with Crippen LogP contribution in [0.25, 0.3) is 0 Å². The molecule has 1 unspecified atom stereocenters. The van der Waals surface area contributed by atoms with Gasteiger partial charge < -0.3 is 14.9 Å². The maximum absolute atomic E-state index is 8.11. The molecule has 0 saturated heterocycles. The second-order valence-corrected chi connectivity index (χ2v) is 8.40. The van der Waals surface area contributed by atoms with Crippen molar-refractivity contribution >= 4 is 0 Å². The van der Waals surface area contributed by atoms with Gasteiger partial charge in [-0.1, -0.05) is 27.7 Å². The van der Waals surface area contributed by atoms with Gasteiger partial charge in [-0.25, -0.2) is 0 Å². The molecule has 2 saturated carbocycles. The highest BCUT2D eigenvalue weighted by atomic mass is 16.5. The number of ether oxygens (including phenoxy) is 1. The van der Waals surface area contributed by atoms with Gasteiger partial charge in [0.15, 0.2) is 0 Å². The summed E-state index contributed by atoms with van der Waals surface area (Å²) in [5.41, 5.74) is 0.535. The maximum Gasteiger partial charge on any atom is 0.0742 e. The van der Waals surface area contributed by atoms with E-state index < -0.39 is 6.10 Å². The maximum atomic E-state index is 8.11. The first-order chi connectivity index (χ1) is 10.2. The van der Waals surface area contributed by atoms with Crippen LogP contribution in [0.5, 0.6) is 0 Å². The van der Waals surface area contributed by atoms with Gasteiger partial charge in [0, 0.05) is 0 Å². The van der Waals surface area contributed by atoms with E-state index in [1.165, 1.54) is 58.3 Å². The quantitative estimate of drug-likeness (QED) is 0.736. The van der Waals surface area contributed by atoms with Crippen molar-refractivity contribution in [1.82, 2.24) is 0 Å². The minimum atomic E-state index is -0.560. The van der Waals surface area contributed by atoms with Crippen molar-refractivity contribution in [2.75, 3.05) is 6.61 Å². The normalized spacial score (nSPS) is 23.3. The van der Waals surface area contributed by atoms with E-state index in [9.17, 15) is 0 Å². The third-order valence-corrected chi connectivity index (χ3v) is 4.79. The molecule has 0 amide bonds. The third-order valence-electron chi connectivity index (χ3n) is 4.79. The van der Waals surface area contributed by atoms with E-state index in [4.69, 9.17) is 14.9 Å². The Kier molecular flexibility index (Phi) is 7.84. The molecule has 2 aliphatic rings. The standard InChI is InChI=1S/C16H30O.C3H8O2/c1-13(2)11-15(7-5-8-15)17-16(9-6-10-16)12-14(3)4;1-3(5)2-4/h13-14H,5-12H2,1-4H3;3-5H,2H2,1H3. The van der Waals surface area contributed by atoms with Gasteiger partial charge in [-0.15, -0.1) is 0 Å². The fraction of sp³-hybridized carbons (Fsp3) is 1.00. The van der Waals surface area contributed by atoms with Crippen molar-refractivity contribution in [1.29, 1.82) is 0 Å². The number of rotatable bonds is 7. The zero-order valence-electron chi connectivity index (χ0n) is 15.4. The molecular formula is C19H38O3. The Morgan fingerprint density at radius 2 is 1.14 bits per heavy atom. The van der Waals surface area contributed by atoms with E-state index >= 15 is 0 Å². The van der Waals surface area contributed by atoms with Crippen LogP contribution in [0.4, 0.5) is 0 Å². The lowest BCUT2D eigenvalue weighted by Crippen LogP contribution is -2.53. The average molecular weight is 315 g/mol. The highest BCUT2D eigenvalue weighted by molar-refractivity contribution is 4.98. The van der Waals surface area contributed by atoms with E-state index in [1.807, 2.05) is 0 Å². The van der Waals surface area contributed by atoms with E-state index in [2.05, 4.69) is 27.7 Å². The zero-order chi connectivity index (χ0) is 16.8. The summed E-state index contributed by atoms with van der Waals surface area (Å²) in [4.78, 5) is 0. The van der Waals surface area contributed by atoms with Crippen molar-refractivity contribution in [2.45, 2.75) is 103 Å². The lowest BCUT2D eigenvalue weighted by molar-refractivity contribution is -0.232. The number of hydrogen-bond donors (Lipinski definition) is 2. The van der Waals surface area contributed by atoms with Crippen LogP contribution in [0.3, 0.4) is 0 Å². The Labute approximate surface area is 137 Å². The van der Waals surface area contributed by atoms with Gasteiger partial charge in [0.2, 0.25) is 0 Å². The molecule has 1 atom stereocenters. The van der Waals surface area contributed by atoms with Crippen molar-refractivity contribution in [3.05, 3.63) is 0 Å². The van der Waals surface area contributed by atoms with Crippen LogP contribution in [0.2, 0.25) is 0 Å². The van der Waals surface area contributed by atoms with E-state index in [0.717, 1.165) is 11.8 Å². The van der Waals surface area contributed by atoms with Crippen LogP contribution in [-0.4, -0.2) is 34.1 Å². The molecule has 0 radical (unpaired) electrons. The predicted octanol–water partition coefficient (Wildman–Crippen LogP) is 4.30. The smallest absolute Gasteiger partial charge is 0.0742 e. The van der Waals surface area contributed by atoms with Gasteiger partial charge in [0.05, 0.1) is 23.9 Å². The minimum absolute atomic E-state index is 0.139. The minimum Gasteiger partial charge on any atom is -0.394 e. The summed E-state index contributed by atoms with van der Waals surface area (Å²) in [5.74, 6) is 1.54. The molecule has 0 aromatic rings. The van der Waals surface area contributed by atoms with Gasteiger partial charge in [0.25, 0.3) is 0 Å². The molecule has 132 valence electrons. The summed E-state index contributed by atoms with van der Waals surface area (Å²) >= 11 is 0. The molecule has 3 nitrogen and oxygen atoms in total. The summed E-state index contributed by atoms with van der Waals surface area (Å²) in [6.07, 6.45) is 9.98. The summed E-state index contributed by atoms with van der Waals surface area (Å²) in [6, 6.07) is 0. The van der Waals surface area contributed by atoms with E-state index in [1.54, 1.807) is 0 Å². The molecule has 0 aromatic heterocycles. The Bertz CT molecular complexity index is 276. The molecule has 2 rings (SSSR count). The molecule has 0 aliphatic heterocycles. The second-order valence-electron chi connectivity index (χ2n) is 8.40. The van der Waals surface area contributed by atoms with Crippen LogP contribution in [0, 0.1) is 11.8 Å². The first kappa shape index (κ1) is 19.9. The third kappa shape index (κ3) is 6.17. The van der Waals surface area contributed by atoms with Crippen molar-refractivity contribution in [3.63, 3.8) is 0 Å². The highest BCUT2D eigenvalue weighted by Crippen LogP contribution is 2.50. The average Bonchev–Trinajstić information content (AvgIpc) is 2.32. The lowest BCUT2D eigenvalue weighted by atomic mass is 9.70. The van der Waals surface area contributed by atoms with Crippen LogP contribution in [0.1, 0.15) is 86.0 Å². The fourth-order valence-electron chi connectivity index (χ4n) is 3.79. The Morgan fingerprint density at radius 3 is 1.27 bits per heavy atom. The molecule has 0 bridgehead atoms. The largest absolute Gasteiger partial charge is 0.394 e. The predicted molar refractivity (Wildman–Crippen MR) is 91.9 cm³/mol. The van der Waals surface area contributed by atoms with Crippen molar-refractivity contribution < 1.29 is 14.9 Å². The summed E-state index contributed by atoms with van der Waals surface area (Å²) < 4.78 is 6.72. The molecule has 0 spiro atoms. The lowest BCUT2D eigenvalue weighted by Gasteiger charge is -2.54. The van der Waals surface area contributed by atoms with Crippen LogP contribution in [0.15, 0.2) is 0 Å². The van der Waals surface area contributed by atoms with Crippen LogP contribution >= 0.6 is 0 Å². The Balaban J connectivity index is 0.000000422. The van der Waals surface area contributed by atoms with Gasteiger partial charge in [-0.05, 0) is 70.1 Å². The van der Waals surface area contributed by atoms with Crippen LogP contribution < -0.4 is 0 Å².